The van der Waals surface area contributed by atoms with Crippen LogP contribution in [0.25, 0.3) is 0 Å². The zero-order valence-corrected chi connectivity index (χ0v) is 19.5. The lowest BCUT2D eigenvalue weighted by Gasteiger charge is -2.28. The van der Waals surface area contributed by atoms with Gasteiger partial charge in [-0.15, -0.1) is 0 Å². The Balaban J connectivity index is 1.78. The van der Waals surface area contributed by atoms with E-state index in [2.05, 4.69) is 21.3 Å². The van der Waals surface area contributed by atoms with Crippen LogP contribution in [0.4, 0.5) is 4.39 Å². The Morgan fingerprint density at radius 3 is 2.88 bits per heavy atom. The van der Waals surface area contributed by atoms with Crippen LogP contribution in [-0.2, 0) is 9.47 Å². The van der Waals surface area contributed by atoms with E-state index < -0.39 is 0 Å². The maximum atomic E-state index is 15.8. The molecule has 0 bridgehead atoms. The molecule has 3 rings (SSSR count). The summed E-state index contributed by atoms with van der Waals surface area (Å²) in [5, 5.41) is 10.5. The smallest absolute Gasteiger partial charge is 0.170 e. The minimum absolute atomic E-state index is 0.335. The molecular formula is C25H37FN4O2. The quantitative estimate of drug-likeness (QED) is 0.405. The van der Waals surface area contributed by atoms with Gasteiger partial charge < -0.3 is 14.8 Å². The van der Waals surface area contributed by atoms with Gasteiger partial charge in [0.2, 0.25) is 0 Å². The third kappa shape index (κ3) is 7.14. The molecule has 2 aliphatic carbocycles. The van der Waals surface area contributed by atoms with Gasteiger partial charge in [-0.2, -0.15) is 0 Å². The number of hydrogen-bond acceptors (Lipinski definition) is 5. The van der Waals surface area contributed by atoms with Crippen LogP contribution in [0.2, 0.25) is 0 Å². The molecule has 3 aliphatic rings. The monoisotopic (exact) mass is 444 g/mol. The number of allylic oxidation sites excluding steroid dienone is 4. The fourth-order valence-corrected chi connectivity index (χ4v) is 4.10. The fraction of sp³-hybridized carbons (Fsp3) is 0.600. The molecule has 0 amide bonds. The van der Waals surface area contributed by atoms with Crippen molar-refractivity contribution in [2.24, 2.45) is 10.9 Å². The van der Waals surface area contributed by atoms with Gasteiger partial charge in [0, 0.05) is 51.0 Å². The minimum Gasteiger partial charge on any atom is -0.493 e. The fourth-order valence-electron chi connectivity index (χ4n) is 4.10. The van der Waals surface area contributed by atoms with Gasteiger partial charge in [0.15, 0.2) is 5.83 Å². The van der Waals surface area contributed by atoms with Crippen molar-refractivity contribution in [3.8, 4) is 0 Å². The largest absolute Gasteiger partial charge is 0.493 e. The number of nitrogens with one attached hydrogen (secondary N) is 2. The summed E-state index contributed by atoms with van der Waals surface area (Å²) in [5.41, 5.74) is 2.24. The highest BCUT2D eigenvalue weighted by Crippen LogP contribution is 2.40. The Labute approximate surface area is 191 Å². The number of ether oxygens (including phenoxy) is 2. The summed E-state index contributed by atoms with van der Waals surface area (Å²) in [6.45, 7) is 8.56. The maximum absolute atomic E-state index is 15.8. The average Bonchev–Trinajstić information content (AvgIpc) is 3.07. The number of aliphatic imine (C=N–C) groups is 1. The first-order valence-electron chi connectivity index (χ1n) is 11.8. The number of hydrogen-bond donors (Lipinski definition) is 2. The number of nitrogens with zero attached hydrogens (tertiary/aromatic N) is 2. The molecule has 7 heteroatoms. The normalized spacial score (nSPS) is 21.5. The van der Waals surface area contributed by atoms with Crippen LogP contribution < -0.4 is 5.32 Å². The molecule has 2 fully saturated rings. The van der Waals surface area contributed by atoms with Gasteiger partial charge in [-0.05, 0) is 51.2 Å². The van der Waals surface area contributed by atoms with E-state index in [4.69, 9.17) is 14.9 Å². The lowest BCUT2D eigenvalue weighted by atomic mass is 9.78. The second kappa shape index (κ2) is 12.7. The standard InChI is InChI=1S/C25H37FN4O2/c1-3-28-23(10-11-29-19(2)27)22-9-8-21(20-6-4-7-20)18-24(25(22)26)32-17-14-30-12-5-15-31-16-13-30/h3,8-10,20H,4-7,11-18H2,1-2H3,(H2,27,29)/b23-10+,28-3?. The highest BCUT2D eigenvalue weighted by molar-refractivity contribution is 5.76. The summed E-state index contributed by atoms with van der Waals surface area (Å²) < 4.78 is 27.4. The van der Waals surface area contributed by atoms with Crippen LogP contribution in [0.15, 0.2) is 51.6 Å². The second-order valence-electron chi connectivity index (χ2n) is 8.50. The molecule has 0 spiro atoms. The number of rotatable bonds is 9. The summed E-state index contributed by atoms with van der Waals surface area (Å²) in [6, 6.07) is 0. The van der Waals surface area contributed by atoms with Crippen LogP contribution in [0, 0.1) is 11.3 Å². The minimum atomic E-state index is -0.335. The van der Waals surface area contributed by atoms with Gasteiger partial charge >= 0.3 is 0 Å². The Kier molecular flexibility index (Phi) is 9.68. The van der Waals surface area contributed by atoms with Gasteiger partial charge in [-0.1, -0.05) is 18.1 Å². The van der Waals surface area contributed by atoms with Crippen LogP contribution >= 0.6 is 0 Å². The third-order valence-corrected chi connectivity index (χ3v) is 6.15. The Hall–Kier alpha value is -2.25. The Morgan fingerprint density at radius 2 is 2.16 bits per heavy atom. The highest BCUT2D eigenvalue weighted by Gasteiger charge is 2.27. The van der Waals surface area contributed by atoms with Crippen LogP contribution in [0.3, 0.4) is 0 Å². The van der Waals surface area contributed by atoms with Crippen LogP contribution in [0.1, 0.15) is 46.0 Å². The molecule has 2 N–H and O–H groups in total. The van der Waals surface area contributed by atoms with E-state index in [0.29, 0.717) is 48.4 Å². The zero-order chi connectivity index (χ0) is 22.8. The molecule has 6 nitrogen and oxygen atoms in total. The summed E-state index contributed by atoms with van der Waals surface area (Å²) in [4.78, 5) is 6.73. The van der Waals surface area contributed by atoms with Gasteiger partial charge in [0.1, 0.15) is 12.4 Å². The Morgan fingerprint density at radius 1 is 1.31 bits per heavy atom. The van der Waals surface area contributed by atoms with E-state index in [9.17, 15) is 0 Å². The lowest BCUT2D eigenvalue weighted by Crippen LogP contribution is -2.30. The van der Waals surface area contributed by atoms with E-state index in [1.54, 1.807) is 13.1 Å². The molecule has 176 valence electrons. The number of amidine groups is 1. The molecule has 0 aromatic rings. The lowest BCUT2D eigenvalue weighted by molar-refractivity contribution is 0.126. The highest BCUT2D eigenvalue weighted by atomic mass is 19.1. The van der Waals surface area contributed by atoms with Crippen molar-refractivity contribution in [3.05, 3.63) is 46.7 Å². The summed E-state index contributed by atoms with van der Waals surface area (Å²) in [6.07, 6.45) is 12.5. The van der Waals surface area contributed by atoms with E-state index in [0.717, 1.165) is 52.1 Å². The van der Waals surface area contributed by atoms with E-state index in [1.807, 2.05) is 19.1 Å². The molecule has 1 saturated carbocycles. The van der Waals surface area contributed by atoms with Crippen molar-refractivity contribution < 1.29 is 13.9 Å². The second-order valence-corrected chi connectivity index (χ2v) is 8.50. The van der Waals surface area contributed by atoms with Gasteiger partial charge in [0.05, 0.1) is 18.1 Å². The summed E-state index contributed by atoms with van der Waals surface area (Å²) in [7, 11) is 0. The van der Waals surface area contributed by atoms with Crippen molar-refractivity contribution >= 4 is 12.1 Å². The topological polar surface area (TPSA) is 69.9 Å². The van der Waals surface area contributed by atoms with Crippen molar-refractivity contribution in [1.29, 1.82) is 5.41 Å². The molecule has 0 aromatic heterocycles. The van der Waals surface area contributed by atoms with Gasteiger partial charge in [-0.3, -0.25) is 15.3 Å². The first-order valence-corrected chi connectivity index (χ1v) is 11.8. The predicted molar refractivity (Wildman–Crippen MR) is 128 cm³/mol. The van der Waals surface area contributed by atoms with Crippen LogP contribution in [0.5, 0.6) is 0 Å². The Bertz CT molecular complexity index is 801. The SMILES string of the molecule is CC=N/C(=C/CNC(C)=N)C1=CC=C(C2CCC2)CC(OCCN2CCCOCC2)=C1F. The molecule has 1 aliphatic heterocycles. The average molecular weight is 445 g/mol. The van der Waals surface area contributed by atoms with E-state index >= 15 is 4.39 Å². The molecule has 1 saturated heterocycles. The molecule has 0 unspecified atom stereocenters. The van der Waals surface area contributed by atoms with Gasteiger partial charge in [0.25, 0.3) is 0 Å². The van der Waals surface area contributed by atoms with Crippen molar-refractivity contribution in [1.82, 2.24) is 10.2 Å². The van der Waals surface area contributed by atoms with Crippen molar-refractivity contribution in [2.75, 3.05) is 46.0 Å². The number of halogens is 1. The molecular weight excluding hydrogens is 407 g/mol. The molecule has 32 heavy (non-hydrogen) atoms. The summed E-state index contributed by atoms with van der Waals surface area (Å²) >= 11 is 0. The molecule has 1 heterocycles. The van der Waals surface area contributed by atoms with Crippen LogP contribution in [-0.4, -0.2) is 62.9 Å². The summed E-state index contributed by atoms with van der Waals surface area (Å²) in [5.74, 6) is 0.954. The molecule has 0 radical (unpaired) electrons. The van der Waals surface area contributed by atoms with E-state index in [1.165, 1.54) is 12.0 Å². The molecule has 0 atom stereocenters. The maximum Gasteiger partial charge on any atom is 0.170 e. The molecule has 0 aromatic carbocycles. The van der Waals surface area contributed by atoms with E-state index in [-0.39, 0.29) is 5.83 Å². The van der Waals surface area contributed by atoms with Crippen molar-refractivity contribution in [3.63, 3.8) is 0 Å². The predicted octanol–water partition coefficient (Wildman–Crippen LogP) is 4.52. The van der Waals surface area contributed by atoms with Gasteiger partial charge in [-0.25, -0.2) is 4.39 Å². The first-order chi connectivity index (χ1) is 15.6. The first kappa shape index (κ1) is 24.4. The third-order valence-electron chi connectivity index (χ3n) is 6.15. The zero-order valence-electron chi connectivity index (χ0n) is 19.5. The van der Waals surface area contributed by atoms with Crippen molar-refractivity contribution in [2.45, 2.75) is 46.0 Å².